The predicted octanol–water partition coefficient (Wildman–Crippen LogP) is 6.57. The van der Waals surface area contributed by atoms with Gasteiger partial charge in [-0.1, -0.05) is 37.6 Å². The minimum Gasteiger partial charge on any atom is -0.511 e. The number of hydrogen-bond acceptors (Lipinski definition) is 5. The number of carbonyl (C=O) groups is 2. The monoisotopic (exact) mass is 458 g/mol. The van der Waals surface area contributed by atoms with Gasteiger partial charge in [-0.05, 0) is 78.6 Å². The van der Waals surface area contributed by atoms with Crippen molar-refractivity contribution in [2.24, 2.45) is 23.2 Å². The Labute approximate surface area is 199 Å². The van der Waals surface area contributed by atoms with E-state index in [2.05, 4.69) is 6.58 Å². The average Bonchev–Trinajstić information content (AvgIpc) is 3.10. The van der Waals surface area contributed by atoms with Crippen molar-refractivity contribution >= 4 is 11.6 Å². The molecule has 0 aromatic heterocycles. The van der Waals surface area contributed by atoms with E-state index >= 15 is 0 Å². The molecule has 0 aromatic rings. The Morgan fingerprint density at radius 3 is 2.36 bits per heavy atom. The molecule has 2 N–H and O–H groups in total. The Morgan fingerprint density at radius 1 is 1.27 bits per heavy atom. The van der Waals surface area contributed by atoms with Gasteiger partial charge in [-0.25, -0.2) is 0 Å². The lowest BCUT2D eigenvalue weighted by atomic mass is 9.67. The Bertz CT molecular complexity index is 917. The third-order valence-corrected chi connectivity index (χ3v) is 8.03. The van der Waals surface area contributed by atoms with Gasteiger partial charge >= 0.3 is 0 Å². The summed E-state index contributed by atoms with van der Waals surface area (Å²) in [6, 6.07) is 0. The van der Waals surface area contributed by atoms with Gasteiger partial charge in [0.1, 0.15) is 17.1 Å². The van der Waals surface area contributed by atoms with Crippen LogP contribution in [0.4, 0.5) is 0 Å². The minimum absolute atomic E-state index is 0.0554. The molecular formula is C28H42O5. The zero-order chi connectivity index (χ0) is 25.3. The van der Waals surface area contributed by atoms with Crippen molar-refractivity contribution in [1.82, 2.24) is 0 Å². The van der Waals surface area contributed by atoms with E-state index in [0.717, 1.165) is 24.0 Å². The first-order chi connectivity index (χ1) is 15.2. The SMILES string of the molecule is C=C(C)[C@@H]1CC[C@@](C)(OC)[C@H]1CC1=C(O)[C@@](C)(CC=C(C)C)C(=O)C(C(=O)[C@@H](C)CC)=C1O. The fourth-order valence-electron chi connectivity index (χ4n) is 5.21. The van der Waals surface area contributed by atoms with Gasteiger partial charge in [0, 0.05) is 18.6 Å². The Hall–Kier alpha value is -2.14. The van der Waals surface area contributed by atoms with Gasteiger partial charge < -0.3 is 14.9 Å². The van der Waals surface area contributed by atoms with Gasteiger partial charge in [0.15, 0.2) is 11.6 Å². The number of hydrogen-bond donors (Lipinski definition) is 2. The second-order valence-corrected chi connectivity index (χ2v) is 10.7. The molecule has 0 saturated heterocycles. The van der Waals surface area contributed by atoms with Crippen LogP contribution in [0.1, 0.15) is 80.6 Å². The predicted molar refractivity (Wildman–Crippen MR) is 132 cm³/mol. The smallest absolute Gasteiger partial charge is 0.183 e. The quantitative estimate of drug-likeness (QED) is 0.302. The molecule has 0 bridgehead atoms. The first kappa shape index (κ1) is 27.1. The molecule has 1 saturated carbocycles. The normalized spacial score (nSPS) is 31.1. The first-order valence-corrected chi connectivity index (χ1v) is 12.0. The summed E-state index contributed by atoms with van der Waals surface area (Å²) in [5, 5.41) is 22.7. The van der Waals surface area contributed by atoms with Crippen LogP contribution >= 0.6 is 0 Å². The average molecular weight is 459 g/mol. The molecule has 0 aliphatic heterocycles. The molecule has 0 spiro atoms. The molecular weight excluding hydrogens is 416 g/mol. The zero-order valence-electron chi connectivity index (χ0n) is 21.7. The van der Waals surface area contributed by atoms with Crippen LogP contribution in [-0.2, 0) is 14.3 Å². The second kappa shape index (κ2) is 10.0. The maximum Gasteiger partial charge on any atom is 0.183 e. The van der Waals surface area contributed by atoms with Crippen LogP contribution in [0.3, 0.4) is 0 Å². The summed E-state index contributed by atoms with van der Waals surface area (Å²) in [4.78, 5) is 26.8. The van der Waals surface area contributed by atoms with Crippen molar-refractivity contribution in [3.8, 4) is 0 Å². The van der Waals surface area contributed by atoms with Gasteiger partial charge in [-0.2, -0.15) is 0 Å². The van der Waals surface area contributed by atoms with Crippen molar-refractivity contribution in [3.63, 3.8) is 0 Å². The lowest BCUT2D eigenvalue weighted by Gasteiger charge is -2.38. The number of carbonyl (C=O) groups excluding carboxylic acids is 2. The molecule has 2 aliphatic rings. The first-order valence-electron chi connectivity index (χ1n) is 12.0. The standard InChI is InChI=1S/C28H42O5/c1-10-18(6)23(29)22-24(30)20(25(31)27(7,26(22)32)13-11-16(2)3)15-21-19(17(4)5)12-14-28(21,8)33-9/h11,18-19,21,30-31H,4,10,12-15H2,1-3,5-9H3/t18-,19-,21-,27+,28+/m0/s1. The molecule has 5 nitrogen and oxygen atoms in total. The highest BCUT2D eigenvalue weighted by Crippen LogP contribution is 2.51. The van der Waals surface area contributed by atoms with Crippen LogP contribution in [0.25, 0.3) is 0 Å². The number of Topliss-reactive ketones (excluding diaryl/α,β-unsaturated/α-hetero) is 2. The lowest BCUT2D eigenvalue weighted by Crippen LogP contribution is -2.41. The molecule has 2 rings (SSSR count). The zero-order valence-corrected chi connectivity index (χ0v) is 21.7. The van der Waals surface area contributed by atoms with E-state index in [4.69, 9.17) is 4.74 Å². The molecule has 0 radical (unpaired) electrons. The highest BCUT2D eigenvalue weighted by atomic mass is 16.5. The molecule has 1 fully saturated rings. The number of ether oxygens (including phenoxy) is 1. The summed E-state index contributed by atoms with van der Waals surface area (Å²) in [5.41, 5.74) is 0.378. The second-order valence-electron chi connectivity index (χ2n) is 10.7. The summed E-state index contributed by atoms with van der Waals surface area (Å²) in [5.74, 6) is -1.71. The highest BCUT2D eigenvalue weighted by molar-refractivity contribution is 6.24. The van der Waals surface area contributed by atoms with Crippen molar-refractivity contribution in [1.29, 1.82) is 0 Å². The summed E-state index contributed by atoms with van der Waals surface area (Å²) < 4.78 is 5.90. The van der Waals surface area contributed by atoms with Crippen LogP contribution in [0.15, 0.2) is 46.5 Å². The van der Waals surface area contributed by atoms with Crippen LogP contribution in [-0.4, -0.2) is 34.5 Å². The summed E-state index contributed by atoms with van der Waals surface area (Å²) >= 11 is 0. The van der Waals surface area contributed by atoms with Gasteiger partial charge in [0.2, 0.25) is 0 Å². The minimum atomic E-state index is -1.31. The van der Waals surface area contributed by atoms with E-state index < -0.39 is 22.7 Å². The lowest BCUT2D eigenvalue weighted by molar-refractivity contribution is -0.128. The van der Waals surface area contributed by atoms with Gasteiger partial charge in [0.05, 0.1) is 11.0 Å². The van der Waals surface area contributed by atoms with Gasteiger partial charge in [0.25, 0.3) is 0 Å². The Morgan fingerprint density at radius 2 is 1.88 bits per heavy atom. The van der Waals surface area contributed by atoms with E-state index in [1.165, 1.54) is 0 Å². The molecule has 33 heavy (non-hydrogen) atoms. The van der Waals surface area contributed by atoms with Crippen LogP contribution in [0.5, 0.6) is 0 Å². The number of methoxy groups -OCH3 is 1. The summed E-state index contributed by atoms with van der Waals surface area (Å²) in [6.07, 6.45) is 4.73. The third kappa shape index (κ3) is 4.89. The maximum absolute atomic E-state index is 13.6. The van der Waals surface area contributed by atoms with E-state index in [-0.39, 0.29) is 46.7 Å². The number of aliphatic hydroxyl groups excluding tert-OH is 2. The van der Waals surface area contributed by atoms with E-state index in [1.807, 2.05) is 40.7 Å². The number of aliphatic hydroxyl groups is 2. The summed E-state index contributed by atoms with van der Waals surface area (Å²) in [7, 11) is 1.68. The molecule has 0 unspecified atom stereocenters. The molecule has 5 heteroatoms. The maximum atomic E-state index is 13.6. The van der Waals surface area contributed by atoms with E-state index in [9.17, 15) is 19.8 Å². The molecule has 5 atom stereocenters. The van der Waals surface area contributed by atoms with E-state index in [1.54, 1.807) is 21.0 Å². The fourth-order valence-corrected chi connectivity index (χ4v) is 5.21. The molecule has 0 heterocycles. The topological polar surface area (TPSA) is 83.8 Å². The summed E-state index contributed by atoms with van der Waals surface area (Å²) in [6.45, 7) is 17.4. The number of allylic oxidation sites excluding steroid dienone is 6. The van der Waals surface area contributed by atoms with Crippen molar-refractivity contribution in [3.05, 3.63) is 46.5 Å². The fraction of sp³-hybridized carbons (Fsp3) is 0.643. The highest BCUT2D eigenvalue weighted by Gasteiger charge is 2.51. The number of ketones is 2. The van der Waals surface area contributed by atoms with Crippen LogP contribution < -0.4 is 0 Å². The van der Waals surface area contributed by atoms with Gasteiger partial charge in [-0.15, -0.1) is 0 Å². The van der Waals surface area contributed by atoms with Crippen molar-refractivity contribution in [2.75, 3.05) is 7.11 Å². The molecule has 0 aromatic carbocycles. The Kier molecular flexibility index (Phi) is 8.22. The van der Waals surface area contributed by atoms with Crippen LogP contribution in [0, 0.1) is 23.2 Å². The van der Waals surface area contributed by atoms with Crippen LogP contribution in [0.2, 0.25) is 0 Å². The van der Waals surface area contributed by atoms with Crippen molar-refractivity contribution in [2.45, 2.75) is 86.2 Å². The largest absolute Gasteiger partial charge is 0.511 e. The Balaban J connectivity index is 2.71. The number of rotatable bonds is 9. The van der Waals surface area contributed by atoms with Gasteiger partial charge in [-0.3, -0.25) is 9.59 Å². The molecule has 184 valence electrons. The third-order valence-electron chi connectivity index (χ3n) is 8.03. The van der Waals surface area contributed by atoms with E-state index in [0.29, 0.717) is 12.8 Å². The molecule has 0 amide bonds. The van der Waals surface area contributed by atoms with Crippen molar-refractivity contribution < 1.29 is 24.5 Å². The molecule has 2 aliphatic carbocycles.